The number of thiophene rings is 1. The zero-order valence-corrected chi connectivity index (χ0v) is 16.3. The van der Waals surface area contributed by atoms with Crippen LogP contribution in [0, 0.1) is 6.07 Å². The number of rotatable bonds is 7. The van der Waals surface area contributed by atoms with E-state index in [4.69, 9.17) is 4.43 Å². The molecular weight excluding hydrogens is 299 g/mol. The third kappa shape index (κ3) is 6.06. The molecule has 1 aromatic carbocycles. The Morgan fingerprint density at radius 1 is 1.18 bits per heavy atom. The molecule has 1 heterocycles. The molecule has 0 bridgehead atoms. The minimum Gasteiger partial charge on any atom is -0.422 e. The Bertz CT molecular complexity index is 531. The summed E-state index contributed by atoms with van der Waals surface area (Å²) in [7, 11) is -1.60. The largest absolute Gasteiger partial charge is 1.00 e. The topological polar surface area (TPSA) is 9.23 Å². The van der Waals surface area contributed by atoms with Crippen molar-refractivity contribution in [3.8, 4) is 0 Å². The van der Waals surface area contributed by atoms with Gasteiger partial charge in [-0.3, -0.25) is 11.3 Å². The fourth-order valence-electron chi connectivity index (χ4n) is 2.27. The molecule has 0 radical (unpaired) electrons. The van der Waals surface area contributed by atoms with Gasteiger partial charge in [0.1, 0.15) is 0 Å². The molecule has 2 rings (SSSR count). The number of benzene rings is 1. The fourth-order valence-corrected chi connectivity index (χ4v) is 4.05. The van der Waals surface area contributed by atoms with Crippen LogP contribution < -0.4 is 18.9 Å². The zero-order chi connectivity index (χ0) is 15.3. The Labute approximate surface area is 152 Å². The van der Waals surface area contributed by atoms with E-state index in [1.54, 1.807) is 11.3 Å². The molecule has 1 nitrogen and oxygen atoms in total. The van der Waals surface area contributed by atoms with Gasteiger partial charge in [-0.25, -0.2) is 12.1 Å². The van der Waals surface area contributed by atoms with Gasteiger partial charge in [0.05, 0.1) is 0 Å². The summed E-state index contributed by atoms with van der Waals surface area (Å²) >= 11 is 1.73. The second-order valence-corrected chi connectivity index (χ2v) is 11.8. The third-order valence-corrected chi connectivity index (χ3v) is 5.12. The van der Waals surface area contributed by atoms with Crippen molar-refractivity contribution < 1.29 is 23.3 Å². The molecule has 0 aliphatic rings. The van der Waals surface area contributed by atoms with Crippen molar-refractivity contribution >= 4 is 19.7 Å². The summed E-state index contributed by atoms with van der Waals surface area (Å²) < 4.78 is 6.42. The number of aryl methyl sites for hydroxylation is 1. The van der Waals surface area contributed by atoms with Crippen molar-refractivity contribution in [2.75, 3.05) is 0 Å². The number of hydrogen-bond acceptors (Lipinski definition) is 2. The molecule has 114 valence electrons. The van der Waals surface area contributed by atoms with Gasteiger partial charge in [-0.05, 0) is 43.6 Å². The second kappa shape index (κ2) is 9.10. The first kappa shape index (κ1) is 19.7. The minimum absolute atomic E-state index is 0. The average molecular weight is 324 g/mol. The van der Waals surface area contributed by atoms with Crippen LogP contribution in [0.25, 0.3) is 0 Å². The molecule has 1 atom stereocenters. The van der Waals surface area contributed by atoms with Crippen LogP contribution in [-0.2, 0) is 10.8 Å². The summed E-state index contributed by atoms with van der Waals surface area (Å²) in [5, 5.41) is 2.01. The SMILES string of the molecule is CCCCc1ccc(C(O[Si](C)(C)C)c2c[c-]cs2)cc1.[Li+]. The van der Waals surface area contributed by atoms with Crippen molar-refractivity contribution in [1.29, 1.82) is 0 Å². The van der Waals surface area contributed by atoms with Gasteiger partial charge in [0.25, 0.3) is 0 Å². The minimum atomic E-state index is -1.60. The first-order valence-electron chi connectivity index (χ1n) is 7.71. The summed E-state index contributed by atoms with van der Waals surface area (Å²) in [6.07, 6.45) is 3.74. The smallest absolute Gasteiger partial charge is 0.422 e. The summed E-state index contributed by atoms with van der Waals surface area (Å²) in [6, 6.07) is 14.2. The molecule has 4 heteroatoms. The molecule has 2 aromatic rings. The van der Waals surface area contributed by atoms with Gasteiger partial charge >= 0.3 is 18.9 Å². The van der Waals surface area contributed by atoms with Crippen LogP contribution >= 0.6 is 11.3 Å². The Kier molecular flexibility index (Phi) is 8.17. The van der Waals surface area contributed by atoms with E-state index in [0.717, 1.165) is 0 Å². The van der Waals surface area contributed by atoms with Crippen LogP contribution in [0.1, 0.15) is 41.9 Å². The summed E-state index contributed by atoms with van der Waals surface area (Å²) in [5.74, 6) is 0. The Morgan fingerprint density at radius 3 is 2.36 bits per heavy atom. The summed E-state index contributed by atoms with van der Waals surface area (Å²) in [5.41, 5.74) is 2.68. The molecule has 22 heavy (non-hydrogen) atoms. The maximum absolute atomic E-state index is 6.42. The predicted octanol–water partition coefficient (Wildman–Crippen LogP) is 2.84. The molecule has 0 amide bonds. The van der Waals surface area contributed by atoms with E-state index >= 15 is 0 Å². The van der Waals surface area contributed by atoms with Gasteiger partial charge in [0.2, 0.25) is 0 Å². The van der Waals surface area contributed by atoms with E-state index in [1.165, 1.54) is 35.3 Å². The van der Waals surface area contributed by atoms with Crippen molar-refractivity contribution in [1.82, 2.24) is 0 Å². The van der Waals surface area contributed by atoms with E-state index in [0.29, 0.717) is 0 Å². The zero-order valence-electron chi connectivity index (χ0n) is 14.5. The quantitative estimate of drug-likeness (QED) is 0.562. The molecule has 1 aromatic heterocycles. The van der Waals surface area contributed by atoms with Crippen LogP contribution in [0.3, 0.4) is 0 Å². The molecular formula is C18H25LiOSSi. The predicted molar refractivity (Wildman–Crippen MR) is 94.5 cm³/mol. The van der Waals surface area contributed by atoms with Crippen LogP contribution in [0.5, 0.6) is 0 Å². The molecule has 0 saturated carbocycles. The van der Waals surface area contributed by atoms with Crippen molar-refractivity contribution in [3.63, 3.8) is 0 Å². The van der Waals surface area contributed by atoms with Gasteiger partial charge in [-0.2, -0.15) is 0 Å². The third-order valence-electron chi connectivity index (χ3n) is 3.32. The normalized spacial score (nSPS) is 12.7. The first-order chi connectivity index (χ1) is 9.99. The van der Waals surface area contributed by atoms with Crippen LogP contribution in [0.15, 0.2) is 35.7 Å². The van der Waals surface area contributed by atoms with E-state index in [-0.39, 0.29) is 25.0 Å². The fraction of sp³-hybridized carbons (Fsp3) is 0.444. The number of hydrogen-bond donors (Lipinski definition) is 0. The van der Waals surface area contributed by atoms with Crippen LogP contribution in [0.2, 0.25) is 19.6 Å². The Balaban J connectivity index is 0.00000242. The molecule has 0 spiro atoms. The maximum Gasteiger partial charge on any atom is 1.00 e. The van der Waals surface area contributed by atoms with Crippen LogP contribution in [-0.4, -0.2) is 8.32 Å². The van der Waals surface area contributed by atoms with Gasteiger partial charge in [0.15, 0.2) is 8.32 Å². The van der Waals surface area contributed by atoms with Crippen molar-refractivity contribution in [3.05, 3.63) is 57.8 Å². The monoisotopic (exact) mass is 324 g/mol. The molecule has 0 aliphatic heterocycles. The standard InChI is InChI=1S/C18H25OSSi.Li/c1-5-6-8-15-10-12-16(13-11-15)18(19-21(2,3)4)17-9-7-14-20-17;/h9-14,18H,5-6,8H2,1-4H3;/q-1;+1. The first-order valence-corrected chi connectivity index (χ1v) is 12.0. The molecule has 0 N–H and O–H groups in total. The van der Waals surface area contributed by atoms with Gasteiger partial charge in [-0.1, -0.05) is 37.6 Å². The van der Waals surface area contributed by atoms with E-state index in [9.17, 15) is 0 Å². The van der Waals surface area contributed by atoms with E-state index in [2.05, 4.69) is 63.0 Å². The molecule has 0 fully saturated rings. The maximum atomic E-state index is 6.42. The second-order valence-electron chi connectivity index (χ2n) is 6.40. The molecule has 0 saturated heterocycles. The summed E-state index contributed by atoms with van der Waals surface area (Å²) in [6.45, 7) is 8.96. The summed E-state index contributed by atoms with van der Waals surface area (Å²) in [4.78, 5) is 1.25. The van der Waals surface area contributed by atoms with Crippen LogP contribution in [0.4, 0.5) is 0 Å². The van der Waals surface area contributed by atoms with Gasteiger partial charge in [-0.15, -0.1) is 10.3 Å². The Morgan fingerprint density at radius 2 is 1.86 bits per heavy atom. The van der Waals surface area contributed by atoms with Gasteiger partial charge < -0.3 is 4.43 Å². The molecule has 0 aliphatic carbocycles. The van der Waals surface area contributed by atoms with E-state index in [1.807, 2.05) is 5.38 Å². The van der Waals surface area contributed by atoms with Gasteiger partial charge in [0, 0.05) is 6.10 Å². The molecule has 1 unspecified atom stereocenters. The van der Waals surface area contributed by atoms with E-state index < -0.39 is 8.32 Å². The Hall–Kier alpha value is -0.306. The van der Waals surface area contributed by atoms with Crippen molar-refractivity contribution in [2.24, 2.45) is 0 Å². The average Bonchev–Trinajstić information content (AvgIpc) is 2.96. The number of unbranched alkanes of at least 4 members (excludes halogenated alkanes) is 1. The van der Waals surface area contributed by atoms with Crippen molar-refractivity contribution in [2.45, 2.75) is 51.9 Å².